The Balaban J connectivity index is 1.80. The largest absolute Gasteiger partial charge is 0.481 e. The van der Waals surface area contributed by atoms with Crippen LogP contribution in [-0.2, 0) is 11.3 Å². The number of halogens is 1. The van der Waals surface area contributed by atoms with Crippen LogP contribution in [-0.4, -0.2) is 24.5 Å². The SMILES string of the molecule is COc1cc(CNCC(=O)Nc2ccccc2Cl)ccn1. The molecule has 0 saturated heterocycles. The third-order valence-electron chi connectivity index (χ3n) is 2.77. The van der Waals surface area contributed by atoms with E-state index in [4.69, 9.17) is 16.3 Å². The Kier molecular flexibility index (Phi) is 5.54. The molecule has 0 unspecified atom stereocenters. The molecule has 6 heteroatoms. The number of carbonyl (C=O) groups is 1. The van der Waals surface area contributed by atoms with Crippen molar-refractivity contribution in [3.8, 4) is 5.88 Å². The monoisotopic (exact) mass is 305 g/mol. The molecular weight excluding hydrogens is 290 g/mol. The van der Waals surface area contributed by atoms with Crippen molar-refractivity contribution >= 4 is 23.2 Å². The van der Waals surface area contributed by atoms with Gasteiger partial charge in [-0.3, -0.25) is 4.79 Å². The smallest absolute Gasteiger partial charge is 0.238 e. The highest BCUT2D eigenvalue weighted by Crippen LogP contribution is 2.20. The summed E-state index contributed by atoms with van der Waals surface area (Å²) in [6.07, 6.45) is 1.67. The van der Waals surface area contributed by atoms with E-state index in [1.807, 2.05) is 24.3 Å². The van der Waals surface area contributed by atoms with Gasteiger partial charge in [0, 0.05) is 18.8 Å². The minimum atomic E-state index is -0.149. The van der Waals surface area contributed by atoms with Crippen LogP contribution >= 0.6 is 11.6 Å². The highest BCUT2D eigenvalue weighted by Gasteiger charge is 2.05. The number of carbonyl (C=O) groups excluding carboxylic acids is 1. The zero-order valence-electron chi connectivity index (χ0n) is 11.6. The van der Waals surface area contributed by atoms with E-state index < -0.39 is 0 Å². The number of pyridine rings is 1. The molecule has 0 aliphatic carbocycles. The summed E-state index contributed by atoms with van der Waals surface area (Å²) in [5.41, 5.74) is 1.60. The first-order chi connectivity index (χ1) is 10.2. The first-order valence-electron chi connectivity index (χ1n) is 6.43. The maximum Gasteiger partial charge on any atom is 0.238 e. The summed E-state index contributed by atoms with van der Waals surface area (Å²) in [4.78, 5) is 15.8. The average molecular weight is 306 g/mol. The van der Waals surface area contributed by atoms with Gasteiger partial charge in [0.2, 0.25) is 11.8 Å². The predicted octanol–water partition coefficient (Wildman–Crippen LogP) is 2.47. The van der Waals surface area contributed by atoms with Crippen LogP contribution in [0.5, 0.6) is 5.88 Å². The summed E-state index contributed by atoms with van der Waals surface area (Å²) < 4.78 is 5.04. The van der Waals surface area contributed by atoms with Crippen LogP contribution in [0.2, 0.25) is 5.02 Å². The Morgan fingerprint density at radius 1 is 1.33 bits per heavy atom. The molecule has 1 amide bonds. The number of anilines is 1. The number of hydrogen-bond donors (Lipinski definition) is 2. The van der Waals surface area contributed by atoms with Crippen LogP contribution in [0.3, 0.4) is 0 Å². The molecule has 2 rings (SSSR count). The lowest BCUT2D eigenvalue weighted by molar-refractivity contribution is -0.115. The molecule has 1 aromatic carbocycles. The number of methoxy groups -OCH3 is 1. The van der Waals surface area contributed by atoms with Gasteiger partial charge in [0.15, 0.2) is 0 Å². The highest BCUT2D eigenvalue weighted by molar-refractivity contribution is 6.33. The van der Waals surface area contributed by atoms with E-state index in [0.717, 1.165) is 5.56 Å². The number of amides is 1. The highest BCUT2D eigenvalue weighted by atomic mass is 35.5. The van der Waals surface area contributed by atoms with Crippen molar-refractivity contribution in [1.29, 1.82) is 0 Å². The molecule has 0 atom stereocenters. The van der Waals surface area contributed by atoms with E-state index in [0.29, 0.717) is 23.1 Å². The molecule has 0 aliphatic rings. The molecule has 0 fully saturated rings. The number of nitrogens with one attached hydrogen (secondary N) is 2. The Bertz CT molecular complexity index is 619. The molecule has 21 heavy (non-hydrogen) atoms. The maximum atomic E-state index is 11.8. The zero-order chi connectivity index (χ0) is 15.1. The number of para-hydroxylation sites is 1. The van der Waals surface area contributed by atoms with E-state index in [1.54, 1.807) is 25.4 Å². The van der Waals surface area contributed by atoms with Crippen LogP contribution < -0.4 is 15.4 Å². The van der Waals surface area contributed by atoms with Crippen molar-refractivity contribution in [3.63, 3.8) is 0 Å². The van der Waals surface area contributed by atoms with Gasteiger partial charge in [-0.1, -0.05) is 23.7 Å². The number of hydrogen-bond acceptors (Lipinski definition) is 4. The molecule has 1 heterocycles. The minimum absolute atomic E-state index is 0.149. The number of ether oxygens (including phenoxy) is 1. The van der Waals surface area contributed by atoms with Crippen molar-refractivity contribution < 1.29 is 9.53 Å². The number of aromatic nitrogens is 1. The second-order valence-electron chi connectivity index (χ2n) is 4.34. The first kappa shape index (κ1) is 15.3. The van der Waals surface area contributed by atoms with Crippen molar-refractivity contribution in [2.24, 2.45) is 0 Å². The molecule has 5 nitrogen and oxygen atoms in total. The van der Waals surface area contributed by atoms with E-state index in [2.05, 4.69) is 15.6 Å². The maximum absolute atomic E-state index is 11.8. The molecule has 0 saturated carbocycles. The third-order valence-corrected chi connectivity index (χ3v) is 3.10. The summed E-state index contributed by atoms with van der Waals surface area (Å²) >= 11 is 5.98. The second kappa shape index (κ2) is 7.61. The lowest BCUT2D eigenvalue weighted by Gasteiger charge is -2.08. The molecule has 110 valence electrons. The van der Waals surface area contributed by atoms with Crippen molar-refractivity contribution in [1.82, 2.24) is 10.3 Å². The third kappa shape index (κ3) is 4.73. The normalized spacial score (nSPS) is 10.2. The first-order valence-corrected chi connectivity index (χ1v) is 6.81. The molecule has 0 spiro atoms. The van der Waals surface area contributed by atoms with Gasteiger partial charge in [-0.2, -0.15) is 0 Å². The van der Waals surface area contributed by atoms with Gasteiger partial charge in [-0.05, 0) is 23.8 Å². The van der Waals surface area contributed by atoms with Crippen LogP contribution in [0.4, 0.5) is 5.69 Å². The van der Waals surface area contributed by atoms with Crippen LogP contribution in [0.25, 0.3) is 0 Å². The van der Waals surface area contributed by atoms with Crippen LogP contribution in [0.1, 0.15) is 5.56 Å². The summed E-state index contributed by atoms with van der Waals surface area (Å²) in [5.74, 6) is 0.402. The van der Waals surface area contributed by atoms with Crippen molar-refractivity contribution in [2.45, 2.75) is 6.54 Å². The Morgan fingerprint density at radius 2 is 2.14 bits per heavy atom. The Labute approximate surface area is 128 Å². The van der Waals surface area contributed by atoms with Gasteiger partial charge in [-0.15, -0.1) is 0 Å². The fourth-order valence-corrected chi connectivity index (χ4v) is 1.93. The molecule has 0 radical (unpaired) electrons. The standard InChI is InChI=1S/C15H16ClN3O2/c1-21-15-8-11(6-7-18-15)9-17-10-14(20)19-13-5-3-2-4-12(13)16/h2-8,17H,9-10H2,1H3,(H,19,20). The van der Waals surface area contributed by atoms with E-state index >= 15 is 0 Å². The van der Waals surface area contributed by atoms with Gasteiger partial charge >= 0.3 is 0 Å². The fourth-order valence-electron chi connectivity index (χ4n) is 1.75. The average Bonchev–Trinajstić information content (AvgIpc) is 2.50. The van der Waals surface area contributed by atoms with Crippen molar-refractivity contribution in [3.05, 3.63) is 53.2 Å². The number of nitrogens with zero attached hydrogens (tertiary/aromatic N) is 1. The lowest BCUT2D eigenvalue weighted by Crippen LogP contribution is -2.27. The van der Waals surface area contributed by atoms with Gasteiger partial charge in [-0.25, -0.2) is 4.98 Å². The number of benzene rings is 1. The second-order valence-corrected chi connectivity index (χ2v) is 4.75. The predicted molar refractivity (Wildman–Crippen MR) is 82.6 cm³/mol. The van der Waals surface area contributed by atoms with Gasteiger partial charge in [0.05, 0.1) is 24.4 Å². The van der Waals surface area contributed by atoms with Gasteiger partial charge in [0.25, 0.3) is 0 Å². The molecule has 0 bridgehead atoms. The zero-order valence-corrected chi connectivity index (χ0v) is 12.4. The van der Waals surface area contributed by atoms with Crippen LogP contribution in [0, 0.1) is 0 Å². The quantitative estimate of drug-likeness (QED) is 0.860. The van der Waals surface area contributed by atoms with Crippen molar-refractivity contribution in [2.75, 3.05) is 19.0 Å². The van der Waals surface area contributed by atoms with E-state index in [-0.39, 0.29) is 12.5 Å². The van der Waals surface area contributed by atoms with Gasteiger partial charge in [0.1, 0.15) is 0 Å². The summed E-state index contributed by atoms with van der Waals surface area (Å²) in [7, 11) is 1.57. The molecular formula is C15H16ClN3O2. The van der Waals surface area contributed by atoms with E-state index in [1.165, 1.54) is 0 Å². The van der Waals surface area contributed by atoms with Gasteiger partial charge < -0.3 is 15.4 Å². The number of rotatable bonds is 6. The topological polar surface area (TPSA) is 63.2 Å². The minimum Gasteiger partial charge on any atom is -0.481 e. The summed E-state index contributed by atoms with van der Waals surface area (Å²) in [5, 5.41) is 6.32. The Morgan fingerprint density at radius 3 is 2.90 bits per heavy atom. The van der Waals surface area contributed by atoms with Crippen LogP contribution in [0.15, 0.2) is 42.6 Å². The molecule has 1 aromatic heterocycles. The summed E-state index contributed by atoms with van der Waals surface area (Å²) in [6.45, 7) is 0.741. The summed E-state index contributed by atoms with van der Waals surface area (Å²) in [6, 6.07) is 10.8. The fraction of sp³-hybridized carbons (Fsp3) is 0.200. The molecule has 2 aromatic rings. The lowest BCUT2D eigenvalue weighted by atomic mass is 10.2. The molecule has 2 N–H and O–H groups in total. The Hall–Kier alpha value is -2.11. The van der Waals surface area contributed by atoms with E-state index in [9.17, 15) is 4.79 Å². The molecule has 0 aliphatic heterocycles.